The zero-order valence-electron chi connectivity index (χ0n) is 17.4. The molecule has 1 N–H and O–H groups in total. The van der Waals surface area contributed by atoms with Crippen molar-refractivity contribution in [3.05, 3.63) is 115 Å². The van der Waals surface area contributed by atoms with Crippen molar-refractivity contribution in [3.8, 4) is 0 Å². The Balaban J connectivity index is 2.18. The fourth-order valence-corrected chi connectivity index (χ4v) is 3.46. The predicted octanol–water partition coefficient (Wildman–Crippen LogP) is 6.45. The van der Waals surface area contributed by atoms with E-state index in [1.165, 1.54) is 0 Å². The number of benzene rings is 3. The lowest BCUT2D eigenvalue weighted by molar-refractivity contribution is 0.384. The van der Waals surface area contributed by atoms with Crippen LogP contribution in [0, 0.1) is 6.92 Å². The Bertz CT molecular complexity index is 1130. The first-order chi connectivity index (χ1) is 14.6. The summed E-state index contributed by atoms with van der Waals surface area (Å²) in [6.07, 6.45) is 7.65. The highest BCUT2D eigenvalue weighted by Crippen LogP contribution is 2.38. The van der Waals surface area contributed by atoms with E-state index in [1.807, 2.05) is 31.2 Å². The number of allylic oxidation sites excluding steroid dienone is 3. The van der Waals surface area contributed by atoms with E-state index in [1.54, 1.807) is 6.08 Å². The van der Waals surface area contributed by atoms with Gasteiger partial charge in [0, 0.05) is 16.8 Å². The summed E-state index contributed by atoms with van der Waals surface area (Å²) in [5.41, 5.74) is 5.12. The standard InChI is InChI=1S/C26H25BNO2/c1-5-10-22-12-8-15-25(21(22)4)28(19(2)17-18-20(3)30-27-29)26-16-9-13-23-11-6-7-14-24(23)26/h5-18,29H,2-3H2,1,4H3/b10-5-,18-17-. The van der Waals surface area contributed by atoms with Gasteiger partial charge in [-0.2, -0.15) is 0 Å². The largest absolute Gasteiger partial charge is 0.569 e. The fourth-order valence-electron chi connectivity index (χ4n) is 3.46. The van der Waals surface area contributed by atoms with Gasteiger partial charge in [-0.3, -0.25) is 0 Å². The average Bonchev–Trinajstić information content (AvgIpc) is 2.75. The third-order valence-corrected chi connectivity index (χ3v) is 4.89. The first-order valence-corrected chi connectivity index (χ1v) is 9.75. The summed E-state index contributed by atoms with van der Waals surface area (Å²) in [6, 6.07) is 20.8. The Hall–Kier alpha value is -3.50. The monoisotopic (exact) mass is 394 g/mol. The number of anilines is 2. The quantitative estimate of drug-likeness (QED) is 0.271. The molecule has 3 rings (SSSR count). The van der Waals surface area contributed by atoms with Crippen molar-refractivity contribution in [3.63, 3.8) is 0 Å². The van der Waals surface area contributed by atoms with Crippen molar-refractivity contribution in [2.75, 3.05) is 4.90 Å². The summed E-state index contributed by atoms with van der Waals surface area (Å²) in [7, 11) is 0.614. The van der Waals surface area contributed by atoms with Crippen molar-refractivity contribution in [1.82, 2.24) is 0 Å². The molecule has 3 aromatic rings. The van der Waals surface area contributed by atoms with Crippen molar-refractivity contribution in [1.29, 1.82) is 0 Å². The Morgan fingerprint density at radius 1 is 0.967 bits per heavy atom. The van der Waals surface area contributed by atoms with Gasteiger partial charge in [0.05, 0.1) is 11.4 Å². The van der Waals surface area contributed by atoms with Crippen LogP contribution >= 0.6 is 0 Å². The maximum absolute atomic E-state index is 8.82. The van der Waals surface area contributed by atoms with Crippen LogP contribution in [0.2, 0.25) is 0 Å². The molecule has 149 valence electrons. The van der Waals surface area contributed by atoms with E-state index < -0.39 is 0 Å². The van der Waals surface area contributed by atoms with Crippen molar-refractivity contribution >= 4 is 35.9 Å². The van der Waals surface area contributed by atoms with Crippen molar-refractivity contribution < 1.29 is 9.68 Å². The molecule has 0 heterocycles. The van der Waals surface area contributed by atoms with Crippen LogP contribution < -0.4 is 4.90 Å². The van der Waals surface area contributed by atoms with Gasteiger partial charge in [0.25, 0.3) is 0 Å². The van der Waals surface area contributed by atoms with Crippen LogP contribution in [0.1, 0.15) is 18.1 Å². The van der Waals surface area contributed by atoms with Crippen LogP contribution in [0.25, 0.3) is 16.8 Å². The van der Waals surface area contributed by atoms with E-state index in [-0.39, 0.29) is 0 Å². The van der Waals surface area contributed by atoms with E-state index in [0.29, 0.717) is 13.4 Å². The van der Waals surface area contributed by atoms with Gasteiger partial charge >= 0.3 is 7.69 Å². The molecule has 0 aromatic heterocycles. The molecule has 0 saturated carbocycles. The molecular weight excluding hydrogens is 369 g/mol. The topological polar surface area (TPSA) is 32.7 Å². The molecule has 0 atom stereocenters. The van der Waals surface area contributed by atoms with Crippen LogP contribution in [0.4, 0.5) is 11.4 Å². The summed E-state index contributed by atoms with van der Waals surface area (Å²) in [5.74, 6) is 0.316. The molecule has 3 nitrogen and oxygen atoms in total. The molecule has 4 heteroatoms. The van der Waals surface area contributed by atoms with E-state index in [9.17, 15) is 0 Å². The Morgan fingerprint density at radius 2 is 1.67 bits per heavy atom. The maximum atomic E-state index is 8.82. The van der Waals surface area contributed by atoms with Crippen molar-refractivity contribution in [2.24, 2.45) is 0 Å². The van der Waals surface area contributed by atoms with Gasteiger partial charge in [0.15, 0.2) is 0 Å². The lowest BCUT2D eigenvalue weighted by Crippen LogP contribution is -2.16. The van der Waals surface area contributed by atoms with Crippen LogP contribution in [0.3, 0.4) is 0 Å². The van der Waals surface area contributed by atoms with Crippen LogP contribution in [0.5, 0.6) is 0 Å². The highest BCUT2D eigenvalue weighted by atomic mass is 16.5. The van der Waals surface area contributed by atoms with Gasteiger partial charge in [0.1, 0.15) is 0 Å². The molecule has 0 aliphatic rings. The molecule has 0 spiro atoms. The van der Waals surface area contributed by atoms with Crippen molar-refractivity contribution in [2.45, 2.75) is 13.8 Å². The summed E-state index contributed by atoms with van der Waals surface area (Å²) < 4.78 is 4.91. The van der Waals surface area contributed by atoms with Crippen LogP contribution in [-0.2, 0) is 4.65 Å². The fraction of sp³-hybridized carbons (Fsp3) is 0.0769. The molecule has 0 fully saturated rings. The maximum Gasteiger partial charge on any atom is 0.569 e. The minimum Gasteiger partial charge on any atom is -0.538 e. The second-order valence-corrected chi connectivity index (χ2v) is 6.84. The average molecular weight is 394 g/mol. The van der Waals surface area contributed by atoms with E-state index >= 15 is 0 Å². The molecule has 30 heavy (non-hydrogen) atoms. The first-order valence-electron chi connectivity index (χ1n) is 9.75. The number of rotatable bonds is 8. The Kier molecular flexibility index (Phi) is 6.94. The number of hydrogen-bond donors (Lipinski definition) is 1. The normalized spacial score (nSPS) is 11.2. The second kappa shape index (κ2) is 9.81. The van der Waals surface area contributed by atoms with Gasteiger partial charge in [-0.25, -0.2) is 0 Å². The molecule has 0 saturated heterocycles. The highest BCUT2D eigenvalue weighted by molar-refractivity contribution is 6.16. The molecule has 0 aliphatic carbocycles. The molecule has 0 bridgehead atoms. The van der Waals surface area contributed by atoms with Crippen LogP contribution in [0.15, 0.2) is 104 Å². The molecule has 0 aliphatic heterocycles. The Labute approximate surface area is 179 Å². The number of nitrogens with zero attached hydrogens (tertiary/aromatic N) is 1. The third kappa shape index (κ3) is 4.56. The van der Waals surface area contributed by atoms with Gasteiger partial charge in [-0.1, -0.05) is 73.8 Å². The van der Waals surface area contributed by atoms with E-state index in [0.717, 1.165) is 39.0 Å². The van der Waals surface area contributed by atoms with Gasteiger partial charge in [0.2, 0.25) is 0 Å². The number of hydrogen-bond acceptors (Lipinski definition) is 3. The second-order valence-electron chi connectivity index (χ2n) is 6.84. The summed E-state index contributed by atoms with van der Waals surface area (Å²) in [4.78, 5) is 2.14. The van der Waals surface area contributed by atoms with Gasteiger partial charge in [-0.15, -0.1) is 0 Å². The predicted molar refractivity (Wildman–Crippen MR) is 128 cm³/mol. The lowest BCUT2D eigenvalue weighted by atomic mass is 10.0. The Morgan fingerprint density at radius 3 is 2.43 bits per heavy atom. The van der Waals surface area contributed by atoms with Gasteiger partial charge < -0.3 is 14.6 Å². The highest BCUT2D eigenvalue weighted by Gasteiger charge is 2.17. The molecule has 1 radical (unpaired) electrons. The van der Waals surface area contributed by atoms with Gasteiger partial charge in [-0.05, 0) is 54.6 Å². The minimum absolute atomic E-state index is 0.316. The molecule has 3 aromatic carbocycles. The number of fused-ring (bicyclic) bond motifs is 1. The zero-order chi connectivity index (χ0) is 21.5. The lowest BCUT2D eigenvalue weighted by Gasteiger charge is -2.29. The summed E-state index contributed by atoms with van der Waals surface area (Å²) in [5, 5.41) is 11.1. The smallest absolute Gasteiger partial charge is 0.538 e. The molecule has 0 amide bonds. The molecule has 0 unspecified atom stereocenters. The first kappa shape index (κ1) is 21.2. The SMILES string of the molecule is C=C(/C=C\C(=C)N(c1cccc(/C=C\C)c1C)c1cccc2ccccc12)O[B]O. The summed E-state index contributed by atoms with van der Waals surface area (Å²) in [6.45, 7) is 12.2. The van der Waals surface area contributed by atoms with E-state index in [2.05, 4.69) is 79.6 Å². The summed E-state index contributed by atoms with van der Waals surface area (Å²) >= 11 is 0. The van der Waals surface area contributed by atoms with E-state index in [4.69, 9.17) is 9.68 Å². The van der Waals surface area contributed by atoms with Crippen LogP contribution in [-0.4, -0.2) is 12.7 Å². The zero-order valence-corrected chi connectivity index (χ0v) is 17.4. The minimum atomic E-state index is 0.316. The third-order valence-electron chi connectivity index (χ3n) is 4.89. The molecular formula is C26H25BNO2.